The van der Waals surface area contributed by atoms with Crippen LogP contribution in [0, 0.1) is 13.8 Å². The van der Waals surface area contributed by atoms with Crippen molar-refractivity contribution in [3.63, 3.8) is 0 Å². The average molecular weight is 1050 g/mol. The standard InChI is InChI=1S/C79H76N2/c1-5-7-9-11-13-22-47-79(48-23-14-12-10-8-6-2)72-53-60(59-39-37-58(38-40-59)57-35-33-55(3)34-36-57)41-44-67(72)68-45-42-61(54-73(68)79)63-49-56(4)50-65(51-63)81-75-31-21-19-28-70(75)78-66(29-24-32-77(78)81)62-43-46-76-71(52-62)69-27-18-20-30-74(69)80(76)64-25-16-15-17-26-64/h15-21,24-46,49-54H,5-14,22-23,47-48H2,1-4H3. The molecule has 2 aromatic heterocycles. The molecule has 0 spiro atoms. The number of aromatic nitrogens is 2. The highest BCUT2D eigenvalue weighted by molar-refractivity contribution is 6.17. The van der Waals surface area contributed by atoms with Gasteiger partial charge in [0.15, 0.2) is 0 Å². The van der Waals surface area contributed by atoms with Gasteiger partial charge in [0.05, 0.1) is 22.1 Å². The molecule has 0 fully saturated rings. The van der Waals surface area contributed by atoms with Gasteiger partial charge < -0.3 is 9.13 Å². The lowest BCUT2D eigenvalue weighted by Crippen LogP contribution is -2.25. The number of para-hydroxylation sites is 3. The Labute approximate surface area is 480 Å². The third-order valence-electron chi connectivity index (χ3n) is 18.2. The van der Waals surface area contributed by atoms with E-state index in [1.54, 1.807) is 5.56 Å². The van der Waals surface area contributed by atoms with Crippen LogP contribution in [0.1, 0.15) is 126 Å². The molecule has 0 saturated heterocycles. The summed E-state index contributed by atoms with van der Waals surface area (Å²) in [6, 6.07) is 83.3. The third-order valence-corrected chi connectivity index (χ3v) is 18.2. The Morgan fingerprint density at radius 2 is 0.790 bits per heavy atom. The topological polar surface area (TPSA) is 9.86 Å². The molecular formula is C79H76N2. The molecule has 10 aromatic carbocycles. The van der Waals surface area contributed by atoms with Crippen molar-refractivity contribution in [2.75, 3.05) is 0 Å². The van der Waals surface area contributed by atoms with Crippen LogP contribution in [0.15, 0.2) is 218 Å². The Morgan fingerprint density at radius 3 is 1.44 bits per heavy atom. The van der Waals surface area contributed by atoms with Crippen molar-refractivity contribution in [1.82, 2.24) is 9.13 Å². The molecule has 0 bridgehead atoms. The van der Waals surface area contributed by atoms with Crippen molar-refractivity contribution in [2.24, 2.45) is 0 Å². The fourth-order valence-electron chi connectivity index (χ4n) is 14.1. The predicted octanol–water partition coefficient (Wildman–Crippen LogP) is 22.9. The summed E-state index contributed by atoms with van der Waals surface area (Å²) in [6.45, 7) is 9.11. The molecule has 0 N–H and O–H groups in total. The highest BCUT2D eigenvalue weighted by Gasteiger charge is 2.43. The summed E-state index contributed by atoms with van der Waals surface area (Å²) in [7, 11) is 0. The third kappa shape index (κ3) is 9.81. The first kappa shape index (κ1) is 52.2. The summed E-state index contributed by atoms with van der Waals surface area (Å²) >= 11 is 0. The number of rotatable bonds is 20. The number of hydrogen-bond acceptors (Lipinski definition) is 0. The van der Waals surface area contributed by atoms with Gasteiger partial charge >= 0.3 is 0 Å². The number of nitrogens with zero attached hydrogens (tertiary/aromatic N) is 2. The van der Waals surface area contributed by atoms with Crippen molar-refractivity contribution < 1.29 is 0 Å². The number of fused-ring (bicyclic) bond motifs is 9. The monoisotopic (exact) mass is 1050 g/mol. The van der Waals surface area contributed by atoms with Gasteiger partial charge in [-0.2, -0.15) is 0 Å². The lowest BCUT2D eigenvalue weighted by Gasteiger charge is -2.33. The highest BCUT2D eigenvalue weighted by Crippen LogP contribution is 2.56. The van der Waals surface area contributed by atoms with Crippen LogP contribution in [0.4, 0.5) is 0 Å². The zero-order chi connectivity index (χ0) is 54.9. The van der Waals surface area contributed by atoms with Crippen molar-refractivity contribution in [2.45, 2.75) is 123 Å². The molecule has 402 valence electrons. The molecule has 2 nitrogen and oxygen atoms in total. The van der Waals surface area contributed by atoms with Crippen LogP contribution in [-0.4, -0.2) is 9.13 Å². The summed E-state index contributed by atoms with van der Waals surface area (Å²) < 4.78 is 4.94. The van der Waals surface area contributed by atoms with Crippen LogP contribution in [-0.2, 0) is 5.41 Å². The smallest absolute Gasteiger partial charge is 0.0547 e. The summed E-state index contributed by atoms with van der Waals surface area (Å²) in [4.78, 5) is 0. The Balaban J connectivity index is 0.912. The first-order valence-electron chi connectivity index (χ1n) is 30.6. The van der Waals surface area contributed by atoms with Crippen molar-refractivity contribution in [3.8, 4) is 67.0 Å². The van der Waals surface area contributed by atoms with Gasteiger partial charge in [-0.1, -0.05) is 248 Å². The SMILES string of the molecule is CCCCCCCCC1(CCCCCCCC)c2cc(-c3ccc(-c4ccc(C)cc4)cc3)ccc2-c2ccc(-c3cc(C)cc(-n4c5ccccc5c5c(-c6ccc7c(c6)c6ccccc6n7-c6ccccc6)cccc54)c3)cc21. The molecule has 0 saturated carbocycles. The van der Waals surface area contributed by atoms with E-state index < -0.39 is 0 Å². The fraction of sp³-hybridized carbons (Fsp3) is 0.241. The fourth-order valence-corrected chi connectivity index (χ4v) is 14.1. The number of hydrogen-bond donors (Lipinski definition) is 0. The minimum absolute atomic E-state index is 0.0661. The Bertz CT molecular complexity index is 4190. The molecule has 12 aromatic rings. The van der Waals surface area contributed by atoms with Gasteiger partial charge in [0.2, 0.25) is 0 Å². The number of unbranched alkanes of at least 4 members (excludes halogenated alkanes) is 10. The largest absolute Gasteiger partial charge is 0.309 e. The van der Waals surface area contributed by atoms with E-state index in [0.29, 0.717) is 0 Å². The Morgan fingerprint density at radius 1 is 0.296 bits per heavy atom. The zero-order valence-electron chi connectivity index (χ0n) is 48.1. The minimum atomic E-state index is -0.0661. The first-order valence-corrected chi connectivity index (χ1v) is 30.6. The van der Waals surface area contributed by atoms with E-state index in [4.69, 9.17) is 0 Å². The van der Waals surface area contributed by atoms with Crippen LogP contribution in [0.2, 0.25) is 0 Å². The van der Waals surface area contributed by atoms with Gasteiger partial charge in [0.1, 0.15) is 0 Å². The van der Waals surface area contributed by atoms with E-state index in [9.17, 15) is 0 Å². The van der Waals surface area contributed by atoms with E-state index in [-0.39, 0.29) is 5.41 Å². The molecule has 0 unspecified atom stereocenters. The molecule has 13 rings (SSSR count). The predicted molar refractivity (Wildman–Crippen MR) is 349 cm³/mol. The maximum Gasteiger partial charge on any atom is 0.0547 e. The van der Waals surface area contributed by atoms with Crippen LogP contribution in [0.3, 0.4) is 0 Å². The van der Waals surface area contributed by atoms with Gasteiger partial charge in [0.25, 0.3) is 0 Å². The van der Waals surface area contributed by atoms with Crippen molar-refractivity contribution >= 4 is 43.6 Å². The van der Waals surface area contributed by atoms with E-state index in [1.807, 2.05) is 0 Å². The quantitative estimate of drug-likeness (QED) is 0.0673. The second kappa shape index (κ2) is 22.7. The summed E-state index contributed by atoms with van der Waals surface area (Å²) in [5.41, 5.74) is 25.9. The van der Waals surface area contributed by atoms with Crippen LogP contribution in [0.5, 0.6) is 0 Å². The molecule has 0 aliphatic heterocycles. The lowest BCUT2D eigenvalue weighted by atomic mass is 9.70. The molecule has 0 amide bonds. The molecule has 81 heavy (non-hydrogen) atoms. The summed E-state index contributed by atoms with van der Waals surface area (Å²) in [5.74, 6) is 0. The molecule has 0 radical (unpaired) electrons. The van der Waals surface area contributed by atoms with E-state index in [2.05, 4.69) is 255 Å². The van der Waals surface area contributed by atoms with Gasteiger partial charge in [-0.3, -0.25) is 0 Å². The van der Waals surface area contributed by atoms with Gasteiger partial charge in [-0.25, -0.2) is 0 Å². The van der Waals surface area contributed by atoms with E-state index in [1.165, 1.54) is 217 Å². The molecule has 2 heteroatoms. The van der Waals surface area contributed by atoms with Crippen LogP contribution in [0.25, 0.3) is 111 Å². The van der Waals surface area contributed by atoms with Crippen molar-refractivity contribution in [1.29, 1.82) is 0 Å². The van der Waals surface area contributed by atoms with Crippen LogP contribution < -0.4 is 0 Å². The van der Waals surface area contributed by atoms with E-state index >= 15 is 0 Å². The number of benzene rings is 10. The molecule has 1 aliphatic rings. The first-order chi connectivity index (χ1) is 39.9. The Hall–Kier alpha value is -8.20. The van der Waals surface area contributed by atoms with E-state index in [0.717, 1.165) is 0 Å². The molecule has 2 heterocycles. The maximum atomic E-state index is 2.65. The van der Waals surface area contributed by atoms with Gasteiger partial charge in [-0.15, -0.1) is 0 Å². The number of aryl methyl sites for hydroxylation is 2. The average Bonchev–Trinajstić information content (AvgIpc) is 4.18. The molecular weight excluding hydrogens is 977 g/mol. The van der Waals surface area contributed by atoms with Gasteiger partial charge in [0, 0.05) is 38.3 Å². The lowest BCUT2D eigenvalue weighted by molar-refractivity contribution is 0.398. The minimum Gasteiger partial charge on any atom is -0.309 e. The summed E-state index contributed by atoms with van der Waals surface area (Å²) in [6.07, 6.45) is 17.9. The molecule has 1 aliphatic carbocycles. The van der Waals surface area contributed by atoms with Crippen LogP contribution >= 0.6 is 0 Å². The summed E-state index contributed by atoms with van der Waals surface area (Å²) in [5, 5.41) is 5.08. The zero-order valence-corrected chi connectivity index (χ0v) is 48.1. The highest BCUT2D eigenvalue weighted by atomic mass is 15.0. The van der Waals surface area contributed by atoms with Crippen molar-refractivity contribution in [3.05, 3.63) is 241 Å². The normalized spacial score (nSPS) is 12.7. The second-order valence-corrected chi connectivity index (χ2v) is 23.6. The molecule has 0 atom stereocenters. The van der Waals surface area contributed by atoms with Gasteiger partial charge in [-0.05, 0) is 166 Å². The second-order valence-electron chi connectivity index (χ2n) is 23.6. The Kier molecular flexibility index (Phi) is 14.7. The maximum absolute atomic E-state index is 2.65.